The summed E-state index contributed by atoms with van der Waals surface area (Å²) < 4.78 is 17.4. The van der Waals surface area contributed by atoms with Crippen LogP contribution in [-0.4, -0.2) is 60.5 Å². The molecule has 0 aliphatic rings. The molecule has 6 heteroatoms. The first-order chi connectivity index (χ1) is 15.7. The number of hydrogen-bond donors (Lipinski definition) is 0. The summed E-state index contributed by atoms with van der Waals surface area (Å²) in [5.74, 6) is 0. The van der Waals surface area contributed by atoms with Gasteiger partial charge < -0.3 is 0 Å². The van der Waals surface area contributed by atoms with E-state index in [9.17, 15) is 4.79 Å². The van der Waals surface area contributed by atoms with Crippen LogP contribution in [0.25, 0.3) is 0 Å². The fraction of sp³-hybridized carbons (Fsp3) is 0.964. The van der Waals surface area contributed by atoms with Crippen molar-refractivity contribution in [3.05, 3.63) is 0 Å². The summed E-state index contributed by atoms with van der Waals surface area (Å²) in [7, 11) is -1.83. The second-order valence-electron chi connectivity index (χ2n) is 12.5. The summed E-state index contributed by atoms with van der Waals surface area (Å²) in [6.07, 6.45) is 8.28. The molecule has 0 fully saturated rings. The van der Waals surface area contributed by atoms with Gasteiger partial charge in [-0.2, -0.15) is 0 Å². The molecule has 0 heterocycles. The monoisotopic (exact) mass is 607 g/mol. The number of amides is 1. The van der Waals surface area contributed by atoms with Crippen molar-refractivity contribution in [3.63, 3.8) is 0 Å². The summed E-state index contributed by atoms with van der Waals surface area (Å²) in [4.78, 5) is 15.5. The van der Waals surface area contributed by atoms with Crippen molar-refractivity contribution in [2.24, 2.45) is 0 Å². The van der Waals surface area contributed by atoms with E-state index in [1.54, 1.807) is 0 Å². The Labute approximate surface area is 219 Å². The SMILES string of the molecule is CCC[CH2][Sn]([CH2]CCC)([CH2]CCC)[C@@H](CCO[Si](C)(C)C(C)(C)C)OC(=O)N(C(C)C)C(C)C. The van der Waals surface area contributed by atoms with E-state index in [4.69, 9.17) is 9.16 Å². The van der Waals surface area contributed by atoms with Gasteiger partial charge in [-0.3, -0.25) is 0 Å². The fourth-order valence-corrected chi connectivity index (χ4v) is 22.9. The molecule has 0 spiro atoms. The average molecular weight is 607 g/mol. The van der Waals surface area contributed by atoms with Crippen LogP contribution in [0.2, 0.25) is 31.4 Å². The molecule has 34 heavy (non-hydrogen) atoms. The van der Waals surface area contributed by atoms with Crippen molar-refractivity contribution in [2.75, 3.05) is 6.61 Å². The van der Waals surface area contributed by atoms with Gasteiger partial charge in [0.05, 0.1) is 0 Å². The van der Waals surface area contributed by atoms with Crippen LogP contribution in [0.5, 0.6) is 0 Å². The number of ether oxygens (including phenoxy) is 1. The van der Waals surface area contributed by atoms with Gasteiger partial charge in [-0.25, -0.2) is 0 Å². The summed E-state index contributed by atoms with van der Waals surface area (Å²) in [5, 5.41) is 0.193. The minimum absolute atomic E-state index is 0.104. The molecule has 0 aromatic rings. The molecule has 0 radical (unpaired) electrons. The number of rotatable bonds is 17. The molecular weight excluding hydrogens is 545 g/mol. The molecule has 0 bridgehead atoms. The molecule has 1 atom stereocenters. The van der Waals surface area contributed by atoms with Crippen LogP contribution in [-0.2, 0) is 9.16 Å². The van der Waals surface area contributed by atoms with Gasteiger partial charge in [0.1, 0.15) is 0 Å². The summed E-state index contributed by atoms with van der Waals surface area (Å²) in [5.41, 5.74) is 0. The third-order valence-electron chi connectivity index (χ3n) is 7.98. The quantitative estimate of drug-likeness (QED) is 0.155. The first-order valence-electron chi connectivity index (χ1n) is 14.3. The Morgan fingerprint density at radius 3 is 1.59 bits per heavy atom. The van der Waals surface area contributed by atoms with Crippen LogP contribution in [0.3, 0.4) is 0 Å². The van der Waals surface area contributed by atoms with Gasteiger partial charge in [-0.1, -0.05) is 0 Å². The van der Waals surface area contributed by atoms with Crippen molar-refractivity contribution in [2.45, 2.75) is 162 Å². The van der Waals surface area contributed by atoms with Gasteiger partial charge >= 0.3 is 220 Å². The van der Waals surface area contributed by atoms with E-state index in [1.807, 2.05) is 4.90 Å². The summed E-state index contributed by atoms with van der Waals surface area (Å²) in [6, 6.07) is 0.284. The number of carbonyl (C=O) groups is 1. The molecule has 204 valence electrons. The number of nitrogens with zero attached hydrogens (tertiary/aromatic N) is 1. The zero-order valence-corrected chi connectivity index (χ0v) is 29.0. The molecule has 0 rings (SSSR count). The molecule has 0 aromatic carbocycles. The topological polar surface area (TPSA) is 38.8 Å². The maximum absolute atomic E-state index is 13.5. The van der Waals surface area contributed by atoms with Crippen LogP contribution in [0.4, 0.5) is 4.79 Å². The Kier molecular flexibility index (Phi) is 16.3. The average Bonchev–Trinajstić information content (AvgIpc) is 2.71. The Balaban J connectivity index is 6.11. The Hall–Kier alpha value is 0.246. The second kappa shape index (κ2) is 16.2. The van der Waals surface area contributed by atoms with Crippen molar-refractivity contribution in [3.8, 4) is 0 Å². The van der Waals surface area contributed by atoms with E-state index in [1.165, 1.54) is 51.8 Å². The summed E-state index contributed by atoms with van der Waals surface area (Å²) >= 11 is -2.80. The maximum atomic E-state index is 13.5. The van der Waals surface area contributed by atoms with Crippen LogP contribution >= 0.6 is 0 Å². The predicted octanol–water partition coefficient (Wildman–Crippen LogP) is 9.41. The predicted molar refractivity (Wildman–Crippen MR) is 155 cm³/mol. The van der Waals surface area contributed by atoms with Gasteiger partial charge in [-0.15, -0.1) is 0 Å². The number of carbonyl (C=O) groups excluding carboxylic acids is 1. The molecule has 0 saturated carbocycles. The van der Waals surface area contributed by atoms with Gasteiger partial charge in [0.15, 0.2) is 0 Å². The zero-order chi connectivity index (χ0) is 26.6. The Morgan fingerprint density at radius 1 is 0.853 bits per heavy atom. The minimum atomic E-state index is -2.80. The molecule has 1 amide bonds. The van der Waals surface area contributed by atoms with Gasteiger partial charge in [0.25, 0.3) is 0 Å². The molecule has 0 aliphatic carbocycles. The van der Waals surface area contributed by atoms with E-state index in [-0.39, 0.29) is 27.3 Å². The second-order valence-corrected chi connectivity index (χ2v) is 31.2. The van der Waals surface area contributed by atoms with E-state index < -0.39 is 26.7 Å². The summed E-state index contributed by atoms with van der Waals surface area (Å²) in [6.45, 7) is 27.6. The standard InChI is InChI=1S/C16H34NO3Si.3C4H9.Sn/c1-13(2)17(14(3)4)15(18)19-11-10-12-20-21(8,9)16(5,6)7;3*1-3-4-2;/h11,13-14H,10,12H2,1-9H3;3*1,3-4H2,2H3;. The third kappa shape index (κ3) is 11.1. The van der Waals surface area contributed by atoms with E-state index in [0.717, 1.165) is 13.0 Å². The van der Waals surface area contributed by atoms with Crippen LogP contribution < -0.4 is 0 Å². The van der Waals surface area contributed by atoms with E-state index in [0.29, 0.717) is 0 Å². The van der Waals surface area contributed by atoms with Crippen LogP contribution in [0.1, 0.15) is 114 Å². The van der Waals surface area contributed by atoms with Crippen molar-refractivity contribution >= 4 is 32.8 Å². The Morgan fingerprint density at radius 2 is 1.26 bits per heavy atom. The van der Waals surface area contributed by atoms with E-state index in [2.05, 4.69) is 82.3 Å². The van der Waals surface area contributed by atoms with E-state index >= 15 is 0 Å². The molecule has 0 aliphatic heterocycles. The van der Waals surface area contributed by atoms with Gasteiger partial charge in [0, 0.05) is 0 Å². The molecule has 0 unspecified atom stereocenters. The van der Waals surface area contributed by atoms with Gasteiger partial charge in [-0.05, 0) is 0 Å². The molecule has 4 nitrogen and oxygen atoms in total. The van der Waals surface area contributed by atoms with Crippen molar-refractivity contribution < 1.29 is 14.0 Å². The number of unbranched alkanes of at least 4 members (excludes halogenated alkanes) is 3. The molecule has 0 N–H and O–H groups in total. The first kappa shape index (κ1) is 34.2. The van der Waals surface area contributed by atoms with Crippen molar-refractivity contribution in [1.82, 2.24) is 4.90 Å². The Bertz CT molecular complexity index is 531. The fourth-order valence-electron chi connectivity index (χ4n) is 4.77. The molecule has 0 saturated heterocycles. The molecular formula is C28H61NO3SiSn. The zero-order valence-electron chi connectivity index (χ0n) is 25.2. The normalized spacial score (nSPS) is 14.1. The van der Waals surface area contributed by atoms with Gasteiger partial charge in [0.2, 0.25) is 0 Å². The van der Waals surface area contributed by atoms with Crippen LogP contribution in [0, 0.1) is 0 Å². The third-order valence-corrected chi connectivity index (χ3v) is 29.1. The molecule has 0 aromatic heterocycles. The van der Waals surface area contributed by atoms with Crippen LogP contribution in [0.15, 0.2) is 0 Å². The number of hydrogen-bond acceptors (Lipinski definition) is 3. The first-order valence-corrected chi connectivity index (χ1v) is 24.9. The van der Waals surface area contributed by atoms with Crippen molar-refractivity contribution in [1.29, 1.82) is 0 Å².